The number of rotatable bonds is 11. The van der Waals surface area contributed by atoms with Gasteiger partial charge in [0.05, 0.1) is 5.56 Å². The molecule has 5 aliphatic carbocycles. The monoisotopic (exact) mass is 730 g/mol. The Balaban J connectivity index is 1.09. The fraction of sp³-hybridized carbons (Fsp3) is 0.761. The van der Waals surface area contributed by atoms with Crippen molar-refractivity contribution in [3.05, 3.63) is 53.6 Å². The highest BCUT2D eigenvalue weighted by Crippen LogP contribution is 2.76. The summed E-state index contributed by atoms with van der Waals surface area (Å²) in [5.74, 6) is 3.84. The van der Waals surface area contributed by atoms with Crippen molar-refractivity contribution in [2.24, 2.45) is 51.2 Å². The van der Waals surface area contributed by atoms with Crippen molar-refractivity contribution < 1.29 is 9.90 Å². The molecule has 0 bridgehead atoms. The van der Waals surface area contributed by atoms with E-state index in [1.807, 2.05) is 0 Å². The summed E-state index contributed by atoms with van der Waals surface area (Å²) >= 11 is 2.07. The van der Waals surface area contributed by atoms with E-state index in [0.717, 1.165) is 24.8 Å². The minimum absolute atomic E-state index is 0.0412. The SMILES string of the molecule is C=C(C)[C@@H]1CC[C@]2(NCCN3CCN(SCCCC)CC3)CC[C@]3(C)[C@H](CC[C@@H]4[C@@]5(C)CC=C(c6ccc(C(=O)O)cc6)C(C)(C)[C@@H]5CC[C@]43C)[C@@H]12. The maximum atomic E-state index is 11.6. The summed E-state index contributed by atoms with van der Waals surface area (Å²) in [6, 6.07) is 7.68. The zero-order valence-electron chi connectivity index (χ0n) is 33.9. The normalized spacial score (nSPS) is 40.2. The molecule has 0 aromatic heterocycles. The lowest BCUT2D eigenvalue weighted by Crippen LogP contribution is -2.68. The summed E-state index contributed by atoms with van der Waals surface area (Å²) in [5, 5.41) is 13.9. The summed E-state index contributed by atoms with van der Waals surface area (Å²) in [5.41, 5.74) is 5.66. The molecule has 0 radical (unpaired) electrons. The largest absolute Gasteiger partial charge is 0.478 e. The van der Waals surface area contributed by atoms with E-state index in [0.29, 0.717) is 34.1 Å². The molecule has 1 heterocycles. The number of carboxylic acids is 1. The van der Waals surface area contributed by atoms with Gasteiger partial charge in [-0.15, -0.1) is 0 Å². The van der Waals surface area contributed by atoms with Crippen LogP contribution in [0, 0.1) is 51.2 Å². The second kappa shape index (κ2) is 14.5. The molecule has 9 atom stereocenters. The molecule has 1 aliphatic heterocycles. The summed E-state index contributed by atoms with van der Waals surface area (Å²) in [6.07, 6.45) is 16.9. The molecule has 52 heavy (non-hydrogen) atoms. The average Bonchev–Trinajstić information content (AvgIpc) is 3.49. The molecule has 6 aliphatic rings. The van der Waals surface area contributed by atoms with E-state index in [9.17, 15) is 9.90 Å². The van der Waals surface area contributed by atoms with Crippen LogP contribution in [0.4, 0.5) is 0 Å². The van der Waals surface area contributed by atoms with Gasteiger partial charge in [-0.1, -0.05) is 90.3 Å². The molecule has 1 aromatic carbocycles. The molecule has 0 amide bonds. The van der Waals surface area contributed by atoms with Crippen LogP contribution in [0.25, 0.3) is 5.57 Å². The molecular formula is C46H71N3O2S. The van der Waals surface area contributed by atoms with E-state index in [1.165, 1.54) is 119 Å². The van der Waals surface area contributed by atoms with Gasteiger partial charge in [-0.05, 0) is 146 Å². The third-order valence-electron chi connectivity index (χ3n) is 17.1. The second-order valence-electron chi connectivity index (χ2n) is 19.7. The van der Waals surface area contributed by atoms with Gasteiger partial charge in [0.2, 0.25) is 0 Å². The van der Waals surface area contributed by atoms with E-state index < -0.39 is 5.97 Å². The van der Waals surface area contributed by atoms with E-state index >= 15 is 0 Å². The smallest absolute Gasteiger partial charge is 0.335 e. The Morgan fingerprint density at radius 2 is 1.65 bits per heavy atom. The quantitative estimate of drug-likeness (QED) is 0.134. The maximum Gasteiger partial charge on any atom is 0.335 e. The topological polar surface area (TPSA) is 55.8 Å². The van der Waals surface area contributed by atoms with Crippen molar-refractivity contribution in [3.63, 3.8) is 0 Å². The Kier molecular flexibility index (Phi) is 10.8. The molecule has 5 fully saturated rings. The molecule has 1 saturated heterocycles. The minimum atomic E-state index is -0.851. The Bertz CT molecular complexity index is 1510. The maximum absolute atomic E-state index is 11.6. The van der Waals surface area contributed by atoms with Crippen molar-refractivity contribution >= 4 is 23.5 Å². The number of aromatic carboxylic acids is 1. The Labute approximate surface area is 321 Å². The number of unbranched alkanes of at least 4 members (excludes halogenated alkanes) is 1. The molecular weight excluding hydrogens is 659 g/mol. The predicted octanol–water partition coefficient (Wildman–Crippen LogP) is 10.4. The second-order valence-corrected chi connectivity index (χ2v) is 20.8. The van der Waals surface area contributed by atoms with E-state index in [4.69, 9.17) is 0 Å². The molecule has 6 heteroatoms. The molecule has 2 N–H and O–H groups in total. The zero-order chi connectivity index (χ0) is 37.1. The predicted molar refractivity (Wildman–Crippen MR) is 219 cm³/mol. The third-order valence-corrected chi connectivity index (χ3v) is 18.3. The number of nitrogens with zero attached hydrogens (tertiary/aromatic N) is 2. The van der Waals surface area contributed by atoms with Gasteiger partial charge in [0.25, 0.3) is 0 Å². The Morgan fingerprint density at radius 3 is 2.33 bits per heavy atom. The number of piperazine rings is 1. The lowest BCUT2D eigenvalue weighted by Gasteiger charge is -2.72. The van der Waals surface area contributed by atoms with Crippen LogP contribution in [0.1, 0.15) is 135 Å². The van der Waals surface area contributed by atoms with Crippen LogP contribution in [0.3, 0.4) is 0 Å². The van der Waals surface area contributed by atoms with Gasteiger partial charge in [-0.3, -0.25) is 4.90 Å². The lowest BCUT2D eigenvalue weighted by atomic mass is 9.33. The first kappa shape index (κ1) is 38.7. The summed E-state index contributed by atoms with van der Waals surface area (Å²) in [6.45, 7) is 29.6. The van der Waals surface area contributed by atoms with E-state index in [2.05, 4.69) is 99.7 Å². The van der Waals surface area contributed by atoms with Gasteiger partial charge >= 0.3 is 5.97 Å². The minimum Gasteiger partial charge on any atom is -0.478 e. The first-order chi connectivity index (χ1) is 24.7. The number of nitrogens with one attached hydrogen (secondary N) is 1. The number of carbonyl (C=O) groups is 1. The van der Waals surface area contributed by atoms with Crippen molar-refractivity contribution in [2.75, 3.05) is 45.0 Å². The molecule has 0 spiro atoms. The van der Waals surface area contributed by atoms with Crippen molar-refractivity contribution in [1.29, 1.82) is 0 Å². The first-order valence-electron chi connectivity index (χ1n) is 21.3. The number of fused-ring (bicyclic) bond motifs is 7. The van der Waals surface area contributed by atoms with Crippen LogP contribution in [-0.2, 0) is 0 Å². The number of hydrogen-bond acceptors (Lipinski definition) is 5. The lowest BCUT2D eigenvalue weighted by molar-refractivity contribution is -0.219. The van der Waals surface area contributed by atoms with Crippen LogP contribution in [0.15, 0.2) is 42.5 Å². The third kappa shape index (κ3) is 6.30. The number of hydrogen-bond donors (Lipinski definition) is 2. The summed E-state index contributed by atoms with van der Waals surface area (Å²) < 4.78 is 2.61. The molecule has 7 rings (SSSR count). The van der Waals surface area contributed by atoms with Gasteiger partial charge < -0.3 is 10.4 Å². The van der Waals surface area contributed by atoms with Crippen molar-refractivity contribution in [2.45, 2.75) is 125 Å². The average molecular weight is 730 g/mol. The molecule has 288 valence electrons. The van der Waals surface area contributed by atoms with Crippen LogP contribution < -0.4 is 5.32 Å². The highest BCUT2D eigenvalue weighted by Gasteiger charge is 2.70. The highest BCUT2D eigenvalue weighted by atomic mass is 32.2. The fourth-order valence-corrected chi connectivity index (χ4v) is 15.3. The highest BCUT2D eigenvalue weighted by molar-refractivity contribution is 7.97. The molecule has 0 unspecified atom stereocenters. The number of benzene rings is 1. The van der Waals surface area contributed by atoms with Crippen molar-refractivity contribution in [1.82, 2.24) is 14.5 Å². The molecule has 4 saturated carbocycles. The number of carboxylic acid groups (broad SMARTS) is 1. The molecule has 5 nitrogen and oxygen atoms in total. The Morgan fingerprint density at radius 1 is 0.923 bits per heavy atom. The van der Waals surface area contributed by atoms with Crippen LogP contribution in [0.2, 0.25) is 0 Å². The van der Waals surface area contributed by atoms with E-state index in [1.54, 1.807) is 12.1 Å². The molecule has 1 aromatic rings. The summed E-state index contributed by atoms with van der Waals surface area (Å²) in [4.78, 5) is 14.3. The van der Waals surface area contributed by atoms with Crippen LogP contribution >= 0.6 is 11.9 Å². The van der Waals surface area contributed by atoms with Gasteiger partial charge in [0.15, 0.2) is 0 Å². The van der Waals surface area contributed by atoms with Crippen LogP contribution in [0.5, 0.6) is 0 Å². The number of allylic oxidation sites excluding steroid dienone is 3. The van der Waals surface area contributed by atoms with Crippen LogP contribution in [-0.4, -0.2) is 70.8 Å². The zero-order valence-corrected chi connectivity index (χ0v) is 34.7. The summed E-state index contributed by atoms with van der Waals surface area (Å²) in [7, 11) is 0. The van der Waals surface area contributed by atoms with Gasteiger partial charge in [-0.2, -0.15) is 0 Å². The van der Waals surface area contributed by atoms with Crippen molar-refractivity contribution in [3.8, 4) is 0 Å². The van der Waals surface area contributed by atoms with E-state index in [-0.39, 0.29) is 16.4 Å². The standard InChI is InChI=1S/C46H71N3O2S/c1-9-10-31-52-49-29-27-48(28-30-49)26-25-47-46-22-17-35(32(2)3)40(46)37-15-16-39-43(6)20-18-36(33-11-13-34(14-12-33)41(50)51)42(4,5)38(43)19-21-45(39,8)44(37,7)23-24-46/h11-14,18,35,37-40,47H,2,9-10,15-17,19-31H2,1,3-8H3,(H,50,51)/t35-,37+,38-,39+,40+,43-,44+,45+,46-/m0/s1. The Hall–Kier alpha value is -1.60. The van der Waals surface area contributed by atoms with Gasteiger partial charge in [-0.25, -0.2) is 9.10 Å². The first-order valence-corrected chi connectivity index (χ1v) is 22.2. The fourth-order valence-electron chi connectivity index (χ4n) is 14.2. The van der Waals surface area contributed by atoms with Gasteiger partial charge in [0.1, 0.15) is 0 Å². The van der Waals surface area contributed by atoms with Gasteiger partial charge in [0, 0.05) is 50.6 Å².